The first-order chi connectivity index (χ1) is 20.1. The highest BCUT2D eigenvalue weighted by atomic mass is 32.1. The number of hydrogen-bond acceptors (Lipinski definition) is 11. The van der Waals surface area contributed by atoms with Crippen molar-refractivity contribution in [2.24, 2.45) is 0 Å². The fourth-order valence-electron chi connectivity index (χ4n) is 4.40. The number of aliphatic carboxylic acids is 1. The summed E-state index contributed by atoms with van der Waals surface area (Å²) in [5.41, 5.74) is 1.02. The van der Waals surface area contributed by atoms with Crippen molar-refractivity contribution in [2.45, 2.75) is 26.8 Å². The fourth-order valence-corrected chi connectivity index (χ4v) is 5.41. The zero-order valence-electron chi connectivity index (χ0n) is 23.2. The first-order valence-electron chi connectivity index (χ1n) is 12.8. The number of Topliss-reactive ketones (excluding diaryl/α,β-unsaturated/α-hetero) is 1. The lowest BCUT2D eigenvalue weighted by molar-refractivity contribution is -0.134. The molecule has 1 saturated heterocycles. The molecule has 2 aliphatic rings. The molecule has 2 aliphatic heterocycles. The molecule has 12 nitrogen and oxygen atoms in total. The number of ether oxygens (including phenoxy) is 4. The average molecular weight is 597 g/mol. The van der Waals surface area contributed by atoms with E-state index in [-0.39, 0.29) is 26.9 Å². The number of esters is 1. The van der Waals surface area contributed by atoms with Gasteiger partial charge in [-0.2, -0.15) is 0 Å². The van der Waals surface area contributed by atoms with E-state index in [1.807, 2.05) is 6.92 Å². The molecule has 1 unspecified atom stereocenters. The Morgan fingerprint density at radius 2 is 1.79 bits per heavy atom. The Morgan fingerprint density at radius 1 is 1.10 bits per heavy atom. The largest absolute Gasteiger partial charge is 0.507 e. The first kappa shape index (κ1) is 30.1. The van der Waals surface area contributed by atoms with Gasteiger partial charge >= 0.3 is 11.9 Å². The highest BCUT2D eigenvalue weighted by Crippen LogP contribution is 2.45. The molecular weight excluding hydrogens is 568 g/mol. The van der Waals surface area contributed by atoms with Crippen LogP contribution in [-0.2, 0) is 19.1 Å². The Hall–Kier alpha value is -4.91. The van der Waals surface area contributed by atoms with Crippen LogP contribution in [0.4, 0.5) is 5.13 Å². The number of aliphatic hydroxyl groups is 1. The van der Waals surface area contributed by atoms with Gasteiger partial charge in [-0.3, -0.25) is 19.3 Å². The van der Waals surface area contributed by atoms with Crippen LogP contribution in [0, 0.1) is 6.92 Å². The van der Waals surface area contributed by atoms with Gasteiger partial charge in [0, 0.05) is 12.5 Å². The first-order valence-corrected chi connectivity index (χ1v) is 13.6. The molecule has 1 atom stereocenters. The zero-order chi connectivity index (χ0) is 30.6. The smallest absolute Gasteiger partial charge is 0.350 e. The minimum absolute atomic E-state index is 0.123. The van der Waals surface area contributed by atoms with E-state index in [1.165, 1.54) is 12.0 Å². The Kier molecular flexibility index (Phi) is 9.11. The lowest BCUT2D eigenvalue weighted by Gasteiger charge is -2.23. The van der Waals surface area contributed by atoms with Crippen molar-refractivity contribution in [1.82, 2.24) is 4.98 Å². The number of aryl methyl sites for hydroxylation is 1. The predicted octanol–water partition coefficient (Wildman–Crippen LogP) is 4.13. The van der Waals surface area contributed by atoms with Gasteiger partial charge in [-0.15, -0.1) is 0 Å². The number of thiazole rings is 1. The van der Waals surface area contributed by atoms with Crippen molar-refractivity contribution in [2.75, 3.05) is 31.8 Å². The van der Waals surface area contributed by atoms with Crippen molar-refractivity contribution in [3.63, 3.8) is 0 Å². The van der Waals surface area contributed by atoms with E-state index >= 15 is 0 Å². The average Bonchev–Trinajstić information content (AvgIpc) is 3.48. The SMILES string of the molecule is CC(=O)O.CCOc1cccc(C2C(=C(O)c3ccc4c(c3)OCCO4)C(=O)C(=O)N2c2nc(C)c(C(=O)OC)s2)c1. The number of hydrogen-bond donors (Lipinski definition) is 2. The number of carbonyl (C=O) groups is 4. The van der Waals surface area contributed by atoms with Crippen LogP contribution in [0.2, 0.25) is 0 Å². The summed E-state index contributed by atoms with van der Waals surface area (Å²) < 4.78 is 21.7. The normalized spacial score (nSPS) is 16.9. The van der Waals surface area contributed by atoms with Gasteiger partial charge in [-0.05, 0) is 49.7 Å². The Morgan fingerprint density at radius 3 is 2.45 bits per heavy atom. The second kappa shape index (κ2) is 12.7. The number of anilines is 1. The van der Waals surface area contributed by atoms with E-state index in [1.54, 1.807) is 49.4 Å². The quantitative estimate of drug-likeness (QED) is 0.182. The van der Waals surface area contributed by atoms with Crippen LogP contribution in [-0.4, -0.2) is 65.8 Å². The van der Waals surface area contributed by atoms with Crippen LogP contribution in [0.5, 0.6) is 17.2 Å². The molecule has 3 heterocycles. The number of nitrogens with zero attached hydrogens (tertiary/aromatic N) is 2. The molecule has 13 heteroatoms. The molecule has 1 fully saturated rings. The predicted molar refractivity (Wildman–Crippen MR) is 151 cm³/mol. The Balaban J connectivity index is 0.000000952. The maximum absolute atomic E-state index is 13.5. The van der Waals surface area contributed by atoms with Crippen molar-refractivity contribution < 1.29 is 48.3 Å². The molecule has 220 valence electrons. The second-order valence-electron chi connectivity index (χ2n) is 8.95. The number of ketones is 1. The number of rotatable bonds is 6. The number of fused-ring (bicyclic) bond motifs is 1. The number of aliphatic hydroxyl groups excluding tert-OH is 1. The van der Waals surface area contributed by atoms with Crippen molar-refractivity contribution in [3.8, 4) is 17.2 Å². The van der Waals surface area contributed by atoms with Crippen LogP contribution in [0.3, 0.4) is 0 Å². The number of aromatic nitrogens is 1. The molecule has 42 heavy (non-hydrogen) atoms. The molecule has 0 radical (unpaired) electrons. The monoisotopic (exact) mass is 596 g/mol. The number of amides is 1. The molecule has 3 aromatic rings. The number of carboxylic acid groups (broad SMARTS) is 1. The molecule has 5 rings (SSSR count). The highest BCUT2D eigenvalue weighted by Gasteiger charge is 2.48. The lowest BCUT2D eigenvalue weighted by atomic mass is 9.95. The van der Waals surface area contributed by atoms with Crippen LogP contribution in [0.25, 0.3) is 5.76 Å². The van der Waals surface area contributed by atoms with Crippen molar-refractivity contribution >= 4 is 45.9 Å². The summed E-state index contributed by atoms with van der Waals surface area (Å²) >= 11 is 0.931. The van der Waals surface area contributed by atoms with E-state index in [0.29, 0.717) is 48.3 Å². The summed E-state index contributed by atoms with van der Waals surface area (Å²) in [6.07, 6.45) is 0. The van der Waals surface area contributed by atoms with Crippen LogP contribution >= 0.6 is 11.3 Å². The summed E-state index contributed by atoms with van der Waals surface area (Å²) in [7, 11) is 1.25. The van der Waals surface area contributed by atoms with E-state index in [4.69, 9.17) is 28.8 Å². The Labute approximate surface area is 244 Å². The van der Waals surface area contributed by atoms with Crippen LogP contribution < -0.4 is 19.1 Å². The highest BCUT2D eigenvalue weighted by molar-refractivity contribution is 7.17. The number of carboxylic acids is 1. The molecular formula is C29H28N2O10S. The summed E-state index contributed by atoms with van der Waals surface area (Å²) in [5, 5.41) is 19.0. The van der Waals surface area contributed by atoms with Gasteiger partial charge in [-0.1, -0.05) is 23.5 Å². The molecule has 2 N–H and O–H groups in total. The summed E-state index contributed by atoms with van der Waals surface area (Å²) in [5.74, 6) is -2.13. The van der Waals surface area contributed by atoms with Gasteiger partial charge in [0.15, 0.2) is 16.6 Å². The molecule has 0 aliphatic carbocycles. The third kappa shape index (κ3) is 6.05. The molecule has 0 bridgehead atoms. The van der Waals surface area contributed by atoms with Gasteiger partial charge in [0.05, 0.1) is 31.0 Å². The molecule has 0 saturated carbocycles. The maximum Gasteiger partial charge on any atom is 0.350 e. The molecule has 1 amide bonds. The van der Waals surface area contributed by atoms with Gasteiger partial charge in [0.1, 0.15) is 29.6 Å². The third-order valence-electron chi connectivity index (χ3n) is 6.11. The van der Waals surface area contributed by atoms with Gasteiger partial charge in [0.2, 0.25) is 0 Å². The van der Waals surface area contributed by atoms with E-state index < -0.39 is 29.7 Å². The van der Waals surface area contributed by atoms with E-state index in [2.05, 4.69) is 4.98 Å². The number of methoxy groups -OCH3 is 1. The van der Waals surface area contributed by atoms with Gasteiger partial charge in [0.25, 0.3) is 11.8 Å². The molecule has 2 aromatic carbocycles. The Bertz CT molecular complexity index is 1570. The zero-order valence-corrected chi connectivity index (χ0v) is 24.0. The van der Waals surface area contributed by atoms with Crippen LogP contribution in [0.1, 0.15) is 46.4 Å². The number of carbonyl (C=O) groups excluding carboxylic acids is 3. The topological polar surface area (TPSA) is 162 Å². The van der Waals surface area contributed by atoms with E-state index in [9.17, 15) is 19.5 Å². The van der Waals surface area contributed by atoms with Crippen LogP contribution in [0.15, 0.2) is 48.0 Å². The lowest BCUT2D eigenvalue weighted by Crippen LogP contribution is -2.29. The fraction of sp³-hybridized carbons (Fsp3) is 0.276. The van der Waals surface area contributed by atoms with Crippen molar-refractivity contribution in [1.29, 1.82) is 0 Å². The molecule has 0 spiro atoms. The summed E-state index contributed by atoms with van der Waals surface area (Å²) in [4.78, 5) is 53.9. The summed E-state index contributed by atoms with van der Waals surface area (Å²) in [6.45, 7) is 5.70. The minimum Gasteiger partial charge on any atom is -0.507 e. The molecule has 1 aromatic heterocycles. The maximum atomic E-state index is 13.5. The van der Waals surface area contributed by atoms with Gasteiger partial charge < -0.3 is 29.2 Å². The van der Waals surface area contributed by atoms with Gasteiger partial charge in [-0.25, -0.2) is 9.78 Å². The summed E-state index contributed by atoms with van der Waals surface area (Å²) in [6, 6.07) is 10.7. The van der Waals surface area contributed by atoms with E-state index in [0.717, 1.165) is 18.3 Å². The van der Waals surface area contributed by atoms with Crippen molar-refractivity contribution in [3.05, 3.63) is 69.7 Å². The third-order valence-corrected chi connectivity index (χ3v) is 7.24. The number of benzene rings is 2. The minimum atomic E-state index is -1.04. The standard InChI is InChI=1S/C27H24N2O8S.C2H4O2/c1-4-35-17-7-5-6-15(12-17)21-20(22(30)16-8-9-18-19(13-16)37-11-10-36-18)23(31)25(32)29(21)27-28-14(2)24(38-27)26(33)34-3;1-2(3)4/h5-9,12-13,21,30H,4,10-11H2,1-3H3;1H3,(H,3,4). The second-order valence-corrected chi connectivity index (χ2v) is 9.93.